The van der Waals surface area contributed by atoms with Gasteiger partial charge in [0.1, 0.15) is 4.21 Å². The Bertz CT molecular complexity index is 509. The average Bonchev–Trinajstić information content (AvgIpc) is 2.90. The molecule has 0 unspecified atom stereocenters. The van der Waals surface area contributed by atoms with Crippen molar-refractivity contribution in [2.45, 2.75) is 63.8 Å². The van der Waals surface area contributed by atoms with Gasteiger partial charge in [-0.3, -0.25) is 0 Å². The van der Waals surface area contributed by atoms with E-state index < -0.39 is 10.0 Å². The minimum Gasteiger partial charge on any atom is -0.312 e. The smallest absolute Gasteiger partial charge is 0.252 e. The number of rotatable bonds is 10. The first kappa shape index (κ1) is 18.6. The molecule has 1 aromatic rings. The lowest BCUT2D eigenvalue weighted by atomic mass is 10.2. The van der Waals surface area contributed by atoms with Crippen molar-refractivity contribution in [2.24, 2.45) is 0 Å². The van der Waals surface area contributed by atoms with Gasteiger partial charge in [0.2, 0.25) is 0 Å². The number of thiophene rings is 1. The fraction of sp³-hybridized carbons (Fsp3) is 0.733. The Hall–Kier alpha value is -0.430. The standard InChI is InChI=1S/C15H28N2O2S2/c1-5-7-8-11-17(13(3)4)21(18,19)15-10-9-14(20-15)12-16-6-2/h9-10,13,16H,5-8,11-12H2,1-4H3. The van der Waals surface area contributed by atoms with Crippen LogP contribution in [-0.4, -0.2) is 31.9 Å². The zero-order valence-corrected chi connectivity index (χ0v) is 15.2. The van der Waals surface area contributed by atoms with Gasteiger partial charge in [0.15, 0.2) is 0 Å². The Morgan fingerprint density at radius 2 is 1.95 bits per heavy atom. The number of nitrogens with zero attached hydrogens (tertiary/aromatic N) is 1. The van der Waals surface area contributed by atoms with Gasteiger partial charge < -0.3 is 5.32 Å². The lowest BCUT2D eigenvalue weighted by Gasteiger charge is -2.25. The van der Waals surface area contributed by atoms with Crippen LogP contribution in [0.4, 0.5) is 0 Å². The van der Waals surface area contributed by atoms with Crippen molar-refractivity contribution in [1.29, 1.82) is 0 Å². The maximum absolute atomic E-state index is 12.8. The molecule has 0 aliphatic rings. The molecule has 0 saturated carbocycles. The van der Waals surface area contributed by atoms with Crippen LogP contribution in [0, 0.1) is 0 Å². The number of hydrogen-bond acceptors (Lipinski definition) is 4. The number of hydrogen-bond donors (Lipinski definition) is 1. The fourth-order valence-electron chi connectivity index (χ4n) is 2.13. The minimum atomic E-state index is -3.36. The summed E-state index contributed by atoms with van der Waals surface area (Å²) in [6.07, 6.45) is 3.08. The van der Waals surface area contributed by atoms with Crippen molar-refractivity contribution in [3.63, 3.8) is 0 Å². The van der Waals surface area contributed by atoms with E-state index in [0.29, 0.717) is 10.8 Å². The summed E-state index contributed by atoms with van der Waals surface area (Å²) in [5.74, 6) is 0. The zero-order valence-electron chi connectivity index (χ0n) is 13.6. The molecule has 0 atom stereocenters. The molecule has 6 heteroatoms. The molecule has 0 spiro atoms. The van der Waals surface area contributed by atoms with Gasteiger partial charge in [0.05, 0.1) is 0 Å². The fourth-order valence-corrected chi connectivity index (χ4v) is 5.26. The molecule has 122 valence electrons. The third-order valence-electron chi connectivity index (χ3n) is 3.31. The van der Waals surface area contributed by atoms with Crippen LogP contribution in [0.5, 0.6) is 0 Å². The van der Waals surface area contributed by atoms with Crippen molar-refractivity contribution in [3.05, 3.63) is 17.0 Å². The first-order chi connectivity index (χ1) is 9.93. The van der Waals surface area contributed by atoms with E-state index in [2.05, 4.69) is 12.2 Å². The summed E-state index contributed by atoms with van der Waals surface area (Å²) >= 11 is 1.37. The molecular formula is C15H28N2O2S2. The quantitative estimate of drug-likeness (QED) is 0.668. The Labute approximate surface area is 133 Å². The third kappa shape index (κ3) is 5.36. The van der Waals surface area contributed by atoms with Crippen LogP contribution in [0.15, 0.2) is 16.3 Å². The number of sulfonamides is 1. The molecule has 1 rings (SSSR count). The van der Waals surface area contributed by atoms with Gasteiger partial charge in [0.25, 0.3) is 10.0 Å². The van der Waals surface area contributed by atoms with Crippen LogP contribution in [0.2, 0.25) is 0 Å². The minimum absolute atomic E-state index is 0.00817. The molecule has 0 aliphatic carbocycles. The van der Waals surface area contributed by atoms with Crippen LogP contribution < -0.4 is 5.32 Å². The first-order valence-electron chi connectivity index (χ1n) is 7.74. The van der Waals surface area contributed by atoms with Gasteiger partial charge in [-0.25, -0.2) is 8.42 Å². The maximum Gasteiger partial charge on any atom is 0.252 e. The van der Waals surface area contributed by atoms with Crippen molar-refractivity contribution >= 4 is 21.4 Å². The summed E-state index contributed by atoms with van der Waals surface area (Å²) in [4.78, 5) is 1.06. The number of nitrogens with one attached hydrogen (secondary N) is 1. The highest BCUT2D eigenvalue weighted by Gasteiger charge is 2.27. The highest BCUT2D eigenvalue weighted by molar-refractivity contribution is 7.91. The van der Waals surface area contributed by atoms with Gasteiger partial charge in [-0.2, -0.15) is 4.31 Å². The summed E-state index contributed by atoms with van der Waals surface area (Å²) in [5, 5.41) is 3.23. The maximum atomic E-state index is 12.8. The summed E-state index contributed by atoms with van der Waals surface area (Å²) in [6.45, 7) is 10.3. The molecule has 1 heterocycles. The molecule has 21 heavy (non-hydrogen) atoms. The van der Waals surface area contributed by atoms with Crippen molar-refractivity contribution in [3.8, 4) is 0 Å². The summed E-state index contributed by atoms with van der Waals surface area (Å²) < 4.78 is 27.6. The molecule has 0 bridgehead atoms. The van der Waals surface area contributed by atoms with Gasteiger partial charge in [-0.1, -0.05) is 26.7 Å². The molecule has 0 saturated heterocycles. The van der Waals surface area contributed by atoms with Gasteiger partial charge in [-0.15, -0.1) is 11.3 Å². The SMILES string of the molecule is CCCCCN(C(C)C)S(=O)(=O)c1ccc(CNCC)s1. The molecule has 0 radical (unpaired) electrons. The van der Waals surface area contributed by atoms with Crippen LogP contribution >= 0.6 is 11.3 Å². The van der Waals surface area contributed by atoms with Crippen LogP contribution in [-0.2, 0) is 16.6 Å². The van der Waals surface area contributed by atoms with E-state index >= 15 is 0 Å². The molecule has 0 amide bonds. The predicted molar refractivity (Wildman–Crippen MR) is 90.3 cm³/mol. The largest absolute Gasteiger partial charge is 0.312 e. The lowest BCUT2D eigenvalue weighted by molar-refractivity contribution is 0.346. The lowest BCUT2D eigenvalue weighted by Crippen LogP contribution is -2.37. The monoisotopic (exact) mass is 332 g/mol. The molecule has 0 aromatic carbocycles. The third-order valence-corrected chi connectivity index (χ3v) is 6.94. The molecule has 1 aromatic heterocycles. The first-order valence-corrected chi connectivity index (χ1v) is 10.00. The van der Waals surface area contributed by atoms with Crippen molar-refractivity contribution in [2.75, 3.05) is 13.1 Å². The molecule has 4 nitrogen and oxygen atoms in total. The second kappa shape index (κ2) is 8.88. The highest BCUT2D eigenvalue weighted by atomic mass is 32.2. The van der Waals surface area contributed by atoms with E-state index in [0.717, 1.165) is 37.2 Å². The normalized spacial score (nSPS) is 12.5. The van der Waals surface area contributed by atoms with Crippen LogP contribution in [0.1, 0.15) is 51.8 Å². The Morgan fingerprint density at radius 3 is 2.52 bits per heavy atom. The van der Waals surface area contributed by atoms with Crippen LogP contribution in [0.25, 0.3) is 0 Å². The summed E-state index contributed by atoms with van der Waals surface area (Å²) in [6, 6.07) is 3.64. The number of unbranched alkanes of at least 4 members (excludes halogenated alkanes) is 2. The zero-order chi connectivity index (χ0) is 15.9. The van der Waals surface area contributed by atoms with Crippen molar-refractivity contribution in [1.82, 2.24) is 9.62 Å². The van der Waals surface area contributed by atoms with Crippen LogP contribution in [0.3, 0.4) is 0 Å². The average molecular weight is 333 g/mol. The topological polar surface area (TPSA) is 49.4 Å². The molecule has 0 fully saturated rings. The van der Waals surface area contributed by atoms with Crippen molar-refractivity contribution < 1.29 is 8.42 Å². The molecular weight excluding hydrogens is 304 g/mol. The molecule has 0 aliphatic heterocycles. The van der Waals surface area contributed by atoms with Gasteiger partial charge in [0, 0.05) is 24.0 Å². The Kier molecular flexibility index (Phi) is 7.87. The van der Waals surface area contributed by atoms with E-state index in [4.69, 9.17) is 0 Å². The highest BCUT2D eigenvalue weighted by Crippen LogP contribution is 2.26. The Balaban J connectivity index is 2.86. The van der Waals surface area contributed by atoms with E-state index in [9.17, 15) is 8.42 Å². The second-order valence-corrected chi connectivity index (χ2v) is 8.70. The van der Waals surface area contributed by atoms with E-state index in [1.165, 1.54) is 11.3 Å². The van der Waals surface area contributed by atoms with E-state index in [1.54, 1.807) is 10.4 Å². The molecule has 1 N–H and O–H groups in total. The van der Waals surface area contributed by atoms with Gasteiger partial charge in [-0.05, 0) is 38.9 Å². The second-order valence-electron chi connectivity index (χ2n) is 5.42. The predicted octanol–water partition coefficient (Wildman–Crippen LogP) is 3.45. The Morgan fingerprint density at radius 1 is 1.24 bits per heavy atom. The van der Waals surface area contributed by atoms with E-state index in [-0.39, 0.29) is 6.04 Å². The van der Waals surface area contributed by atoms with Gasteiger partial charge >= 0.3 is 0 Å². The summed E-state index contributed by atoms with van der Waals surface area (Å²) in [5.41, 5.74) is 0. The summed E-state index contributed by atoms with van der Waals surface area (Å²) in [7, 11) is -3.36. The van der Waals surface area contributed by atoms with E-state index in [1.807, 2.05) is 26.8 Å².